The Bertz CT molecular complexity index is 1160. The van der Waals surface area contributed by atoms with Crippen molar-refractivity contribution in [2.24, 2.45) is 5.92 Å². The van der Waals surface area contributed by atoms with E-state index in [-0.39, 0.29) is 17.9 Å². The number of anilines is 2. The highest BCUT2D eigenvalue weighted by atomic mass is 35.5. The number of benzene rings is 2. The van der Waals surface area contributed by atoms with Crippen molar-refractivity contribution < 1.29 is 4.79 Å². The molecule has 0 aliphatic carbocycles. The molecule has 1 aliphatic rings. The Morgan fingerprint density at radius 3 is 2.38 bits per heavy atom. The first-order chi connectivity index (χ1) is 15.3. The summed E-state index contributed by atoms with van der Waals surface area (Å²) in [5, 5.41) is 12.9. The summed E-state index contributed by atoms with van der Waals surface area (Å²) in [7, 11) is 0. The number of aromatic nitrogens is 3. The van der Waals surface area contributed by atoms with E-state index in [1.54, 1.807) is 36.0 Å². The number of carbonyl (C=O) groups is 1. The summed E-state index contributed by atoms with van der Waals surface area (Å²) in [5.41, 5.74) is 3.23. The number of hydrogen-bond donors (Lipinski definition) is 2. The molecule has 1 atom stereocenters. The molecule has 0 radical (unpaired) electrons. The quantitative estimate of drug-likeness (QED) is 0.392. The third kappa shape index (κ3) is 4.95. The van der Waals surface area contributed by atoms with Crippen molar-refractivity contribution in [1.29, 1.82) is 0 Å². The molecule has 0 bridgehead atoms. The molecular weight excluding hydrogens is 465 g/mol. The van der Waals surface area contributed by atoms with Crippen LogP contribution in [0.4, 0.5) is 11.6 Å². The minimum Gasteiger partial charge on any atom is -0.328 e. The van der Waals surface area contributed by atoms with E-state index < -0.39 is 0 Å². The summed E-state index contributed by atoms with van der Waals surface area (Å²) in [4.78, 5) is 17.9. The number of hydrogen-bond acceptors (Lipinski definition) is 5. The van der Waals surface area contributed by atoms with Gasteiger partial charge in [0.05, 0.1) is 11.6 Å². The van der Waals surface area contributed by atoms with E-state index in [1.807, 2.05) is 35.9 Å². The maximum absolute atomic E-state index is 13.2. The highest BCUT2D eigenvalue weighted by Gasteiger charge is 2.35. The van der Waals surface area contributed by atoms with Gasteiger partial charge in [0.2, 0.25) is 11.1 Å². The van der Waals surface area contributed by atoms with Crippen LogP contribution in [0.2, 0.25) is 10.0 Å². The Morgan fingerprint density at radius 2 is 1.75 bits per heavy atom. The molecule has 0 saturated carbocycles. The van der Waals surface area contributed by atoms with E-state index >= 15 is 0 Å². The highest BCUT2D eigenvalue weighted by Crippen LogP contribution is 2.37. The molecule has 2 heterocycles. The van der Waals surface area contributed by atoms with Gasteiger partial charge in [-0.15, -0.1) is 5.10 Å². The van der Waals surface area contributed by atoms with Gasteiger partial charge in [0, 0.05) is 27.2 Å². The second-order valence-corrected chi connectivity index (χ2v) is 9.71. The fourth-order valence-corrected chi connectivity index (χ4v) is 4.64. The van der Waals surface area contributed by atoms with Crippen LogP contribution in [0.1, 0.15) is 32.4 Å². The third-order valence-corrected chi connectivity index (χ3v) is 6.55. The molecule has 9 heteroatoms. The van der Waals surface area contributed by atoms with Crippen LogP contribution in [0.3, 0.4) is 0 Å². The van der Waals surface area contributed by atoms with Crippen molar-refractivity contribution in [2.45, 2.75) is 37.7 Å². The van der Waals surface area contributed by atoms with Gasteiger partial charge in [-0.3, -0.25) is 4.79 Å². The molecule has 2 aromatic carbocycles. The zero-order valence-corrected chi connectivity index (χ0v) is 20.2. The molecule has 2 N–H and O–H groups in total. The number of carbonyl (C=O) groups excluding carboxylic acids is 1. The van der Waals surface area contributed by atoms with Gasteiger partial charge in [-0.2, -0.15) is 4.98 Å². The Labute approximate surface area is 201 Å². The second-order valence-electron chi connectivity index (χ2n) is 7.89. The molecule has 3 aromatic rings. The van der Waals surface area contributed by atoms with E-state index in [0.717, 1.165) is 17.0 Å². The van der Waals surface area contributed by atoms with Gasteiger partial charge in [0.1, 0.15) is 0 Å². The third-order valence-electron chi connectivity index (χ3n) is 5.13. The van der Waals surface area contributed by atoms with Crippen LogP contribution in [0.25, 0.3) is 0 Å². The predicted octanol–water partition coefficient (Wildman–Crippen LogP) is 6.41. The Balaban J connectivity index is 1.55. The number of amides is 1. The van der Waals surface area contributed by atoms with Crippen LogP contribution < -0.4 is 10.6 Å². The smallest absolute Gasteiger partial charge is 0.255 e. The number of halogens is 2. The Morgan fingerprint density at radius 1 is 1.12 bits per heavy atom. The molecule has 0 saturated heterocycles. The number of nitrogens with zero attached hydrogens (tertiary/aromatic N) is 3. The molecule has 4 rings (SSSR count). The topological polar surface area (TPSA) is 71.8 Å². The summed E-state index contributed by atoms with van der Waals surface area (Å²) in [6.45, 7) is 6.04. The largest absolute Gasteiger partial charge is 0.328 e. The Hall–Kier alpha value is -2.48. The van der Waals surface area contributed by atoms with Gasteiger partial charge >= 0.3 is 0 Å². The summed E-state index contributed by atoms with van der Waals surface area (Å²) in [6, 6.07) is 14.5. The normalized spacial score (nSPS) is 15.5. The fraction of sp³-hybridized carbons (Fsp3) is 0.261. The highest BCUT2D eigenvalue weighted by molar-refractivity contribution is 7.98. The predicted molar refractivity (Wildman–Crippen MR) is 131 cm³/mol. The van der Waals surface area contributed by atoms with Gasteiger partial charge in [0.25, 0.3) is 5.91 Å². The lowest BCUT2D eigenvalue weighted by Crippen LogP contribution is -2.33. The van der Waals surface area contributed by atoms with Gasteiger partial charge < -0.3 is 10.6 Å². The van der Waals surface area contributed by atoms with Crippen molar-refractivity contribution in [2.75, 3.05) is 10.6 Å². The van der Waals surface area contributed by atoms with Crippen molar-refractivity contribution in [3.8, 4) is 0 Å². The van der Waals surface area contributed by atoms with Crippen LogP contribution in [0.5, 0.6) is 0 Å². The molecule has 32 heavy (non-hydrogen) atoms. The first-order valence-corrected chi connectivity index (χ1v) is 11.9. The van der Waals surface area contributed by atoms with Crippen LogP contribution in [0, 0.1) is 5.92 Å². The lowest BCUT2D eigenvalue weighted by molar-refractivity contribution is -0.113. The SMILES string of the molecule is CC1=C(C(=O)Nc2ccc(Cl)cc2)[C@H](C(C)C)n2nc(SCc3ccc(Cl)cc3)nc2N1. The molecule has 0 unspecified atom stereocenters. The minimum atomic E-state index is -0.240. The summed E-state index contributed by atoms with van der Waals surface area (Å²) >= 11 is 13.5. The van der Waals surface area contributed by atoms with Crippen molar-refractivity contribution >= 4 is 52.5 Å². The van der Waals surface area contributed by atoms with Crippen molar-refractivity contribution in [3.05, 3.63) is 75.4 Å². The molecule has 1 amide bonds. The van der Waals surface area contributed by atoms with E-state index in [0.29, 0.717) is 32.4 Å². The molecule has 0 spiro atoms. The molecule has 1 aliphatic heterocycles. The number of fused-ring (bicyclic) bond motifs is 1. The molecular formula is C23H23Cl2N5OS. The van der Waals surface area contributed by atoms with E-state index in [4.69, 9.17) is 28.3 Å². The zero-order valence-electron chi connectivity index (χ0n) is 17.9. The number of nitrogens with one attached hydrogen (secondary N) is 2. The van der Waals surface area contributed by atoms with Gasteiger partial charge in [-0.05, 0) is 54.8 Å². The van der Waals surface area contributed by atoms with E-state index in [9.17, 15) is 4.79 Å². The number of allylic oxidation sites excluding steroid dienone is 1. The summed E-state index contributed by atoms with van der Waals surface area (Å²) < 4.78 is 1.82. The van der Waals surface area contributed by atoms with Crippen LogP contribution in [0.15, 0.2) is 65.0 Å². The first-order valence-electron chi connectivity index (χ1n) is 10.2. The molecule has 166 valence electrons. The minimum absolute atomic E-state index is 0.132. The average molecular weight is 488 g/mol. The van der Waals surface area contributed by atoms with Gasteiger partial charge in [-0.25, -0.2) is 4.68 Å². The fourth-order valence-electron chi connectivity index (χ4n) is 3.60. The number of thioether (sulfide) groups is 1. The first kappa shape index (κ1) is 22.7. The van der Waals surface area contributed by atoms with E-state index in [2.05, 4.69) is 29.5 Å². The van der Waals surface area contributed by atoms with Crippen LogP contribution in [-0.4, -0.2) is 20.7 Å². The maximum Gasteiger partial charge on any atom is 0.255 e. The standard InChI is InChI=1S/C23H23Cl2N5OS/c1-13(2)20-19(21(31)27-18-10-8-17(25)9-11-18)14(3)26-22-28-23(29-30(20)22)32-12-15-4-6-16(24)7-5-15/h4-11,13,20H,12H2,1-3H3,(H,27,31)(H,26,28,29)/t20-/m0/s1. The van der Waals surface area contributed by atoms with Crippen LogP contribution in [-0.2, 0) is 10.5 Å². The van der Waals surface area contributed by atoms with Gasteiger partial charge in [0.15, 0.2) is 0 Å². The Kier molecular flexibility index (Phi) is 6.79. The van der Waals surface area contributed by atoms with Gasteiger partial charge in [-0.1, -0.05) is 60.9 Å². The molecule has 6 nitrogen and oxygen atoms in total. The lowest BCUT2D eigenvalue weighted by Gasteiger charge is -2.30. The van der Waals surface area contributed by atoms with Crippen molar-refractivity contribution in [1.82, 2.24) is 14.8 Å². The monoisotopic (exact) mass is 487 g/mol. The summed E-state index contributed by atoms with van der Waals surface area (Å²) in [5.74, 6) is 1.33. The zero-order chi connectivity index (χ0) is 22.8. The van der Waals surface area contributed by atoms with Crippen molar-refractivity contribution in [3.63, 3.8) is 0 Å². The molecule has 0 fully saturated rings. The summed E-state index contributed by atoms with van der Waals surface area (Å²) in [6.07, 6.45) is 0. The van der Waals surface area contributed by atoms with E-state index in [1.165, 1.54) is 0 Å². The average Bonchev–Trinajstić information content (AvgIpc) is 3.16. The maximum atomic E-state index is 13.2. The van der Waals surface area contributed by atoms with Crippen LogP contribution >= 0.6 is 35.0 Å². The molecule has 1 aromatic heterocycles. The lowest BCUT2D eigenvalue weighted by atomic mass is 9.92. The number of rotatable bonds is 6. The second kappa shape index (κ2) is 9.57.